The Morgan fingerprint density at radius 3 is 2.58 bits per heavy atom. The zero-order valence-corrected chi connectivity index (χ0v) is 12.0. The number of carbonyl (C=O) groups excluding carboxylic acids is 1. The van der Waals surface area contributed by atoms with Crippen molar-refractivity contribution in [1.82, 2.24) is 20.4 Å². The van der Waals surface area contributed by atoms with E-state index in [0.717, 1.165) is 39.3 Å². The summed E-state index contributed by atoms with van der Waals surface area (Å²) >= 11 is 0. The van der Waals surface area contributed by atoms with E-state index in [0.29, 0.717) is 19.2 Å². The molecule has 0 radical (unpaired) electrons. The molecule has 6 heteroatoms. The van der Waals surface area contributed by atoms with Crippen molar-refractivity contribution in [2.24, 2.45) is 0 Å². The first-order valence-corrected chi connectivity index (χ1v) is 7.18. The van der Waals surface area contributed by atoms with E-state index in [9.17, 15) is 4.79 Å². The Morgan fingerprint density at radius 2 is 2.05 bits per heavy atom. The Hall–Kier alpha value is -0.690. The lowest BCUT2D eigenvalue weighted by molar-refractivity contribution is -0.126. The van der Waals surface area contributed by atoms with Gasteiger partial charge in [0.15, 0.2) is 0 Å². The third-order valence-corrected chi connectivity index (χ3v) is 4.16. The van der Waals surface area contributed by atoms with Crippen molar-refractivity contribution < 1.29 is 9.53 Å². The van der Waals surface area contributed by atoms with E-state index in [1.165, 1.54) is 0 Å². The molecule has 110 valence electrons. The molecule has 2 rings (SSSR count). The van der Waals surface area contributed by atoms with Crippen LogP contribution in [0.1, 0.15) is 6.92 Å². The van der Waals surface area contributed by atoms with Crippen molar-refractivity contribution in [3.05, 3.63) is 0 Å². The molecule has 0 saturated carbocycles. The molecular formula is C13H26N4O2. The van der Waals surface area contributed by atoms with Crippen LogP contribution in [0.5, 0.6) is 0 Å². The maximum absolute atomic E-state index is 12.0. The minimum atomic E-state index is -0.0430. The van der Waals surface area contributed by atoms with Crippen LogP contribution in [0, 0.1) is 0 Å². The summed E-state index contributed by atoms with van der Waals surface area (Å²) < 4.78 is 4.94. The van der Waals surface area contributed by atoms with Crippen LogP contribution in [0.2, 0.25) is 0 Å². The number of hydrogen-bond donors (Lipinski definition) is 2. The predicted molar refractivity (Wildman–Crippen MR) is 74.2 cm³/mol. The topological polar surface area (TPSA) is 56.8 Å². The summed E-state index contributed by atoms with van der Waals surface area (Å²) in [6.07, 6.45) is 0. The van der Waals surface area contributed by atoms with Crippen LogP contribution in [-0.4, -0.2) is 87.3 Å². The van der Waals surface area contributed by atoms with Crippen LogP contribution in [-0.2, 0) is 9.53 Å². The van der Waals surface area contributed by atoms with Gasteiger partial charge in [-0.25, -0.2) is 0 Å². The van der Waals surface area contributed by atoms with Gasteiger partial charge in [0.25, 0.3) is 0 Å². The highest BCUT2D eigenvalue weighted by molar-refractivity contribution is 5.81. The molecule has 2 aliphatic heterocycles. The van der Waals surface area contributed by atoms with Crippen molar-refractivity contribution >= 4 is 5.91 Å². The Balaban J connectivity index is 1.68. The summed E-state index contributed by atoms with van der Waals surface area (Å²) in [6.45, 7) is 9.49. The minimum absolute atomic E-state index is 0.0430. The van der Waals surface area contributed by atoms with Gasteiger partial charge in [0.1, 0.15) is 0 Å². The molecule has 6 nitrogen and oxygen atoms in total. The van der Waals surface area contributed by atoms with E-state index in [-0.39, 0.29) is 11.9 Å². The third kappa shape index (κ3) is 3.89. The van der Waals surface area contributed by atoms with Gasteiger partial charge in [0, 0.05) is 59.0 Å². The molecular weight excluding hydrogens is 244 g/mol. The minimum Gasteiger partial charge on any atom is -0.383 e. The quantitative estimate of drug-likeness (QED) is 0.589. The number of methoxy groups -OCH3 is 1. The van der Waals surface area contributed by atoms with E-state index in [1.54, 1.807) is 7.11 Å². The number of ether oxygens (including phenoxy) is 1. The molecule has 19 heavy (non-hydrogen) atoms. The molecule has 0 aromatic rings. The van der Waals surface area contributed by atoms with Gasteiger partial charge in [-0.2, -0.15) is 0 Å². The van der Waals surface area contributed by atoms with Gasteiger partial charge in [0.2, 0.25) is 5.91 Å². The number of nitrogens with one attached hydrogen (secondary N) is 2. The van der Waals surface area contributed by atoms with E-state index < -0.39 is 0 Å². The molecule has 0 aromatic carbocycles. The smallest absolute Gasteiger partial charge is 0.237 e. The standard InChI is InChI=1S/C13H26N4O2/c1-11(13(18)15-3-8-19-2)16-4-6-17(7-5-16)12-9-14-10-12/h11-12,14H,3-10H2,1-2H3,(H,15,18). The molecule has 2 N–H and O–H groups in total. The van der Waals surface area contributed by atoms with Crippen LogP contribution in [0.15, 0.2) is 0 Å². The molecule has 1 atom stereocenters. The summed E-state index contributed by atoms with van der Waals surface area (Å²) in [5.41, 5.74) is 0. The Bertz CT molecular complexity index is 288. The molecule has 1 unspecified atom stereocenters. The van der Waals surface area contributed by atoms with Crippen LogP contribution >= 0.6 is 0 Å². The highest BCUT2D eigenvalue weighted by Gasteiger charge is 2.30. The summed E-state index contributed by atoms with van der Waals surface area (Å²) in [4.78, 5) is 16.8. The molecule has 2 aliphatic rings. The number of amides is 1. The first-order chi connectivity index (χ1) is 9.22. The zero-order valence-electron chi connectivity index (χ0n) is 12.0. The molecule has 1 amide bonds. The Labute approximate surface area is 115 Å². The van der Waals surface area contributed by atoms with E-state index in [2.05, 4.69) is 20.4 Å². The zero-order chi connectivity index (χ0) is 13.7. The first kappa shape index (κ1) is 14.7. The maximum Gasteiger partial charge on any atom is 0.237 e. The average molecular weight is 270 g/mol. The maximum atomic E-state index is 12.0. The van der Waals surface area contributed by atoms with Gasteiger partial charge in [-0.05, 0) is 6.92 Å². The number of nitrogens with zero attached hydrogens (tertiary/aromatic N) is 2. The second kappa shape index (κ2) is 7.19. The van der Waals surface area contributed by atoms with Gasteiger partial charge in [-0.1, -0.05) is 0 Å². The van der Waals surface area contributed by atoms with Crippen molar-refractivity contribution in [3.63, 3.8) is 0 Å². The Kier molecular flexibility index (Phi) is 5.57. The van der Waals surface area contributed by atoms with Crippen molar-refractivity contribution in [2.45, 2.75) is 19.0 Å². The fourth-order valence-corrected chi connectivity index (χ4v) is 2.61. The molecule has 2 heterocycles. The van der Waals surface area contributed by atoms with E-state index >= 15 is 0 Å². The Morgan fingerprint density at radius 1 is 1.37 bits per heavy atom. The molecule has 2 saturated heterocycles. The molecule has 0 aromatic heterocycles. The average Bonchev–Trinajstić information content (AvgIpc) is 2.37. The van der Waals surface area contributed by atoms with E-state index in [1.807, 2.05) is 6.92 Å². The summed E-state index contributed by atoms with van der Waals surface area (Å²) in [5, 5.41) is 6.22. The monoisotopic (exact) mass is 270 g/mol. The summed E-state index contributed by atoms with van der Waals surface area (Å²) in [5.74, 6) is 0.107. The normalized spacial score (nSPS) is 23.9. The molecule has 0 bridgehead atoms. The fraction of sp³-hybridized carbons (Fsp3) is 0.923. The highest BCUT2D eigenvalue weighted by atomic mass is 16.5. The van der Waals surface area contributed by atoms with Crippen LogP contribution < -0.4 is 10.6 Å². The van der Waals surface area contributed by atoms with Crippen molar-refractivity contribution in [2.75, 3.05) is 59.5 Å². The number of carbonyl (C=O) groups is 1. The van der Waals surface area contributed by atoms with Crippen LogP contribution in [0.3, 0.4) is 0 Å². The predicted octanol–water partition coefficient (Wildman–Crippen LogP) is -1.27. The van der Waals surface area contributed by atoms with Gasteiger partial charge in [-0.3, -0.25) is 14.6 Å². The lowest BCUT2D eigenvalue weighted by Crippen LogP contribution is -2.63. The van der Waals surface area contributed by atoms with E-state index in [4.69, 9.17) is 4.74 Å². The van der Waals surface area contributed by atoms with Crippen molar-refractivity contribution in [1.29, 1.82) is 0 Å². The first-order valence-electron chi connectivity index (χ1n) is 7.18. The van der Waals surface area contributed by atoms with Gasteiger partial charge >= 0.3 is 0 Å². The third-order valence-electron chi connectivity index (χ3n) is 4.16. The van der Waals surface area contributed by atoms with Crippen LogP contribution in [0.4, 0.5) is 0 Å². The second-order valence-corrected chi connectivity index (χ2v) is 5.34. The lowest BCUT2D eigenvalue weighted by Gasteiger charge is -2.44. The van der Waals surface area contributed by atoms with Gasteiger partial charge < -0.3 is 15.4 Å². The van der Waals surface area contributed by atoms with Crippen LogP contribution in [0.25, 0.3) is 0 Å². The highest BCUT2D eigenvalue weighted by Crippen LogP contribution is 2.11. The SMILES string of the molecule is COCCNC(=O)C(C)N1CCN(C2CNC2)CC1. The van der Waals surface area contributed by atoms with Gasteiger partial charge in [0.05, 0.1) is 12.6 Å². The number of piperazine rings is 1. The molecule has 2 fully saturated rings. The molecule has 0 aliphatic carbocycles. The largest absolute Gasteiger partial charge is 0.383 e. The van der Waals surface area contributed by atoms with Gasteiger partial charge in [-0.15, -0.1) is 0 Å². The number of rotatable bonds is 6. The second-order valence-electron chi connectivity index (χ2n) is 5.34. The summed E-state index contributed by atoms with van der Waals surface area (Å²) in [7, 11) is 1.64. The fourth-order valence-electron chi connectivity index (χ4n) is 2.61. The number of hydrogen-bond acceptors (Lipinski definition) is 5. The summed E-state index contributed by atoms with van der Waals surface area (Å²) in [6, 6.07) is 0.673. The lowest BCUT2D eigenvalue weighted by atomic mass is 10.1. The molecule has 0 spiro atoms. The van der Waals surface area contributed by atoms with Crippen molar-refractivity contribution in [3.8, 4) is 0 Å².